The maximum Gasteiger partial charge on any atom is 0.159 e. The van der Waals surface area contributed by atoms with Crippen LogP contribution in [0.1, 0.15) is 44.6 Å². The second-order valence-corrected chi connectivity index (χ2v) is 7.11. The smallest absolute Gasteiger partial charge is 0.159 e. The van der Waals surface area contributed by atoms with Gasteiger partial charge in [0.15, 0.2) is 11.6 Å². The second-order valence-electron chi connectivity index (χ2n) is 7.11. The van der Waals surface area contributed by atoms with E-state index < -0.39 is 11.6 Å². The number of hydrogen-bond acceptors (Lipinski definition) is 0. The highest BCUT2D eigenvalue weighted by atomic mass is 19.2. The van der Waals surface area contributed by atoms with E-state index in [4.69, 9.17) is 0 Å². The molecule has 0 spiro atoms. The molecular formula is C21H23F3. The number of benzene rings is 2. The van der Waals surface area contributed by atoms with Gasteiger partial charge in [-0.1, -0.05) is 50.8 Å². The molecule has 1 saturated carbocycles. The molecule has 0 heterocycles. The third kappa shape index (κ3) is 4.00. The van der Waals surface area contributed by atoms with E-state index in [1.54, 1.807) is 6.07 Å². The van der Waals surface area contributed by atoms with Crippen LogP contribution < -0.4 is 0 Å². The Morgan fingerprint density at radius 3 is 2.25 bits per heavy atom. The summed E-state index contributed by atoms with van der Waals surface area (Å²) in [5, 5.41) is 0. The average Bonchev–Trinajstić information content (AvgIpc) is 2.57. The minimum absolute atomic E-state index is 0.309. The van der Waals surface area contributed by atoms with E-state index in [1.807, 2.05) is 6.07 Å². The summed E-state index contributed by atoms with van der Waals surface area (Å²) in [4.78, 5) is 0. The van der Waals surface area contributed by atoms with Crippen molar-refractivity contribution in [2.45, 2.75) is 45.4 Å². The topological polar surface area (TPSA) is 0 Å². The largest absolute Gasteiger partial charge is 0.206 e. The van der Waals surface area contributed by atoms with E-state index in [9.17, 15) is 13.2 Å². The zero-order valence-corrected chi connectivity index (χ0v) is 14.0. The van der Waals surface area contributed by atoms with E-state index in [-0.39, 0.29) is 5.82 Å². The molecule has 0 aromatic heterocycles. The van der Waals surface area contributed by atoms with Crippen LogP contribution in [0.2, 0.25) is 0 Å². The molecule has 0 nitrogen and oxygen atoms in total. The van der Waals surface area contributed by atoms with Gasteiger partial charge in [0.05, 0.1) is 0 Å². The van der Waals surface area contributed by atoms with Crippen molar-refractivity contribution in [3.05, 3.63) is 59.4 Å². The summed E-state index contributed by atoms with van der Waals surface area (Å²) in [7, 11) is 0. The first-order valence-corrected chi connectivity index (χ1v) is 8.77. The van der Waals surface area contributed by atoms with Gasteiger partial charge in [0.1, 0.15) is 5.82 Å². The van der Waals surface area contributed by atoms with Gasteiger partial charge in [-0.2, -0.15) is 0 Å². The van der Waals surface area contributed by atoms with Crippen molar-refractivity contribution >= 4 is 0 Å². The highest BCUT2D eigenvalue weighted by molar-refractivity contribution is 5.64. The zero-order valence-electron chi connectivity index (χ0n) is 14.0. The van der Waals surface area contributed by atoms with E-state index in [0.717, 1.165) is 42.4 Å². The lowest BCUT2D eigenvalue weighted by molar-refractivity contribution is 0.277. The van der Waals surface area contributed by atoms with Gasteiger partial charge in [0, 0.05) is 5.56 Å². The second kappa shape index (κ2) is 7.42. The fraction of sp³-hybridized carbons (Fsp3) is 0.429. The first kappa shape index (κ1) is 17.1. The molecule has 1 fully saturated rings. The van der Waals surface area contributed by atoms with Crippen molar-refractivity contribution in [3.63, 3.8) is 0 Å². The van der Waals surface area contributed by atoms with E-state index in [0.29, 0.717) is 11.1 Å². The Kier molecular flexibility index (Phi) is 5.27. The van der Waals surface area contributed by atoms with Gasteiger partial charge in [-0.05, 0) is 54.0 Å². The van der Waals surface area contributed by atoms with E-state index in [1.165, 1.54) is 37.8 Å². The van der Waals surface area contributed by atoms with Crippen molar-refractivity contribution < 1.29 is 13.2 Å². The number of aryl methyl sites for hydroxylation is 1. The van der Waals surface area contributed by atoms with Crippen molar-refractivity contribution in [2.24, 2.45) is 11.8 Å². The summed E-state index contributed by atoms with van der Waals surface area (Å²) in [6.07, 6.45) is 7.11. The Hall–Kier alpha value is -1.77. The summed E-state index contributed by atoms with van der Waals surface area (Å²) in [5.41, 5.74) is 1.64. The molecule has 128 valence electrons. The Morgan fingerprint density at radius 2 is 1.58 bits per heavy atom. The first-order valence-electron chi connectivity index (χ1n) is 8.77. The fourth-order valence-electron chi connectivity index (χ4n) is 3.60. The van der Waals surface area contributed by atoms with Crippen LogP contribution in [0.3, 0.4) is 0 Å². The van der Waals surface area contributed by atoms with Crippen LogP contribution in [-0.4, -0.2) is 0 Å². The lowest BCUT2D eigenvalue weighted by Gasteiger charge is -2.26. The molecule has 0 radical (unpaired) electrons. The van der Waals surface area contributed by atoms with Crippen LogP contribution >= 0.6 is 0 Å². The third-order valence-electron chi connectivity index (χ3n) is 5.24. The third-order valence-corrected chi connectivity index (χ3v) is 5.24. The molecule has 1 aliphatic rings. The van der Waals surface area contributed by atoms with Crippen molar-refractivity contribution in [1.82, 2.24) is 0 Å². The fourth-order valence-corrected chi connectivity index (χ4v) is 3.60. The number of halogens is 3. The molecule has 0 amide bonds. The van der Waals surface area contributed by atoms with Gasteiger partial charge in [0.25, 0.3) is 0 Å². The lowest BCUT2D eigenvalue weighted by atomic mass is 9.80. The Balaban J connectivity index is 1.67. The van der Waals surface area contributed by atoms with Gasteiger partial charge in [-0.25, -0.2) is 13.2 Å². The molecule has 0 N–H and O–H groups in total. The Labute approximate surface area is 141 Å². The van der Waals surface area contributed by atoms with Gasteiger partial charge in [-0.3, -0.25) is 0 Å². The molecule has 0 bridgehead atoms. The quantitative estimate of drug-likeness (QED) is 0.597. The van der Waals surface area contributed by atoms with Crippen LogP contribution in [0.4, 0.5) is 13.2 Å². The molecular weight excluding hydrogens is 309 g/mol. The van der Waals surface area contributed by atoms with Crippen LogP contribution in [0.15, 0.2) is 36.4 Å². The van der Waals surface area contributed by atoms with Gasteiger partial charge < -0.3 is 0 Å². The molecule has 0 saturated heterocycles. The summed E-state index contributed by atoms with van der Waals surface area (Å²) >= 11 is 0. The predicted molar refractivity (Wildman–Crippen MR) is 91.2 cm³/mol. The van der Waals surface area contributed by atoms with Gasteiger partial charge in [0.2, 0.25) is 0 Å². The number of rotatable bonds is 4. The molecule has 0 unspecified atom stereocenters. The van der Waals surface area contributed by atoms with Crippen LogP contribution in [0.25, 0.3) is 11.1 Å². The summed E-state index contributed by atoms with van der Waals surface area (Å²) in [6.45, 7) is 2.31. The SMILES string of the molecule is CC1CCC(CCc2ccc(-c3ccc(F)c(F)c3)c(F)c2)CC1. The monoisotopic (exact) mass is 332 g/mol. The maximum atomic E-state index is 14.4. The maximum absolute atomic E-state index is 14.4. The summed E-state index contributed by atoms with van der Waals surface area (Å²) in [6, 6.07) is 8.56. The van der Waals surface area contributed by atoms with Gasteiger partial charge in [-0.15, -0.1) is 0 Å². The molecule has 1 aliphatic carbocycles. The van der Waals surface area contributed by atoms with Crippen LogP contribution in [-0.2, 0) is 6.42 Å². The summed E-state index contributed by atoms with van der Waals surface area (Å²) in [5.74, 6) is -0.667. The van der Waals surface area contributed by atoms with Crippen molar-refractivity contribution in [2.75, 3.05) is 0 Å². The van der Waals surface area contributed by atoms with Crippen molar-refractivity contribution in [1.29, 1.82) is 0 Å². The van der Waals surface area contributed by atoms with Crippen molar-refractivity contribution in [3.8, 4) is 11.1 Å². The lowest BCUT2D eigenvalue weighted by Crippen LogP contribution is -2.12. The standard InChI is InChI=1S/C21H23F3/c1-14-2-4-15(5-3-14)6-7-16-8-10-18(20(23)12-16)17-9-11-19(22)21(24)13-17/h8-15H,2-7H2,1H3. The molecule has 2 aromatic rings. The van der Waals surface area contributed by atoms with Crippen LogP contribution in [0.5, 0.6) is 0 Å². The van der Waals surface area contributed by atoms with Gasteiger partial charge >= 0.3 is 0 Å². The highest BCUT2D eigenvalue weighted by Crippen LogP contribution is 2.32. The Morgan fingerprint density at radius 1 is 0.833 bits per heavy atom. The normalized spacial score (nSPS) is 21.0. The molecule has 3 heteroatoms. The van der Waals surface area contributed by atoms with Crippen LogP contribution in [0, 0.1) is 29.3 Å². The van der Waals surface area contributed by atoms with E-state index >= 15 is 0 Å². The minimum Gasteiger partial charge on any atom is -0.206 e. The highest BCUT2D eigenvalue weighted by Gasteiger charge is 2.18. The Bertz CT molecular complexity index is 700. The average molecular weight is 332 g/mol. The zero-order chi connectivity index (χ0) is 17.1. The molecule has 3 rings (SSSR count). The molecule has 0 aliphatic heterocycles. The predicted octanol–water partition coefficient (Wildman–Crippen LogP) is 6.53. The number of hydrogen-bond donors (Lipinski definition) is 0. The molecule has 2 aromatic carbocycles. The first-order chi connectivity index (χ1) is 11.5. The molecule has 24 heavy (non-hydrogen) atoms. The molecule has 0 atom stereocenters. The van der Waals surface area contributed by atoms with E-state index in [2.05, 4.69) is 6.92 Å². The minimum atomic E-state index is -0.956. The summed E-state index contributed by atoms with van der Waals surface area (Å²) < 4.78 is 40.7.